The first-order valence-corrected chi connectivity index (χ1v) is 6.14. The van der Waals surface area contributed by atoms with Crippen molar-refractivity contribution >= 4 is 21.7 Å². The van der Waals surface area contributed by atoms with Crippen LogP contribution in [0.1, 0.15) is 22.8 Å². The summed E-state index contributed by atoms with van der Waals surface area (Å²) in [4.78, 5) is 3.95. The van der Waals surface area contributed by atoms with Crippen LogP contribution in [-0.4, -0.2) is 10.1 Å². The average Bonchev–Trinajstić information content (AvgIpc) is 2.32. The molecule has 94 valence electrons. The minimum absolute atomic E-state index is 0.249. The maximum absolute atomic E-state index is 13.2. The van der Waals surface area contributed by atoms with Crippen molar-refractivity contribution in [2.24, 2.45) is 0 Å². The van der Waals surface area contributed by atoms with Crippen LogP contribution in [0.5, 0.6) is 0 Å². The number of nitrogen functional groups attached to an aromatic ring is 1. The monoisotopic (exact) mass is 310 g/mol. The van der Waals surface area contributed by atoms with Crippen molar-refractivity contribution in [3.8, 4) is 0 Å². The summed E-state index contributed by atoms with van der Waals surface area (Å²) in [6.07, 6.45) is 0.561. The number of aliphatic hydroxyl groups excluding tert-OH is 1. The lowest BCUT2D eigenvalue weighted by Gasteiger charge is -2.17. The minimum Gasteiger partial charge on any atom is -0.383 e. The second-order valence-corrected chi connectivity index (χ2v) is 4.85. The number of nitrogens with zero attached hydrogens (tertiary/aromatic N) is 1. The Balaban J connectivity index is 2.54. The molecule has 0 saturated carbocycles. The summed E-state index contributed by atoms with van der Waals surface area (Å²) < 4.78 is 13.9. The van der Waals surface area contributed by atoms with Crippen molar-refractivity contribution in [3.63, 3.8) is 0 Å². The molecule has 0 aliphatic heterocycles. The Kier molecular flexibility index (Phi) is 3.63. The lowest BCUT2D eigenvalue weighted by Crippen LogP contribution is -2.08. The molecule has 1 atom stereocenters. The van der Waals surface area contributed by atoms with Crippen LogP contribution in [0, 0.1) is 12.7 Å². The molecule has 1 aromatic heterocycles. The predicted octanol–water partition coefficient (Wildman–Crippen LogP) is 2.96. The van der Waals surface area contributed by atoms with Crippen LogP contribution < -0.4 is 5.73 Å². The Bertz CT molecular complexity index is 569. The van der Waals surface area contributed by atoms with Crippen LogP contribution in [0.3, 0.4) is 0 Å². The first-order valence-electron chi connectivity index (χ1n) is 5.34. The Morgan fingerprint density at radius 2 is 2.11 bits per heavy atom. The molecule has 0 aliphatic carbocycles. The molecule has 18 heavy (non-hydrogen) atoms. The molecule has 0 fully saturated rings. The van der Waals surface area contributed by atoms with E-state index >= 15 is 0 Å². The number of hydrogen-bond acceptors (Lipinski definition) is 3. The summed E-state index contributed by atoms with van der Waals surface area (Å²) in [5.74, 6) is -0.161. The number of aliphatic hydroxyl groups is 1. The van der Waals surface area contributed by atoms with Gasteiger partial charge in [-0.05, 0) is 36.8 Å². The molecule has 2 rings (SSSR count). The van der Waals surface area contributed by atoms with Crippen molar-refractivity contribution in [1.29, 1.82) is 0 Å². The van der Waals surface area contributed by atoms with Gasteiger partial charge in [0.15, 0.2) is 0 Å². The molecule has 0 aliphatic rings. The normalized spacial score (nSPS) is 12.4. The van der Waals surface area contributed by atoms with E-state index in [1.54, 1.807) is 18.3 Å². The summed E-state index contributed by atoms with van der Waals surface area (Å²) in [5, 5.41) is 10.3. The summed E-state index contributed by atoms with van der Waals surface area (Å²) in [7, 11) is 0. The van der Waals surface area contributed by atoms with Crippen molar-refractivity contribution in [3.05, 3.63) is 57.4 Å². The molecule has 1 aromatic carbocycles. The van der Waals surface area contributed by atoms with Crippen LogP contribution in [0.4, 0.5) is 10.2 Å². The Labute approximate surface area is 113 Å². The maximum Gasteiger partial charge on any atom is 0.129 e. The second kappa shape index (κ2) is 5.04. The van der Waals surface area contributed by atoms with E-state index in [9.17, 15) is 9.50 Å². The van der Waals surface area contributed by atoms with E-state index in [0.717, 1.165) is 5.56 Å². The van der Waals surface area contributed by atoms with Gasteiger partial charge in [-0.3, -0.25) is 0 Å². The van der Waals surface area contributed by atoms with E-state index in [-0.39, 0.29) is 5.82 Å². The lowest BCUT2D eigenvalue weighted by atomic mass is 9.98. The van der Waals surface area contributed by atoms with Gasteiger partial charge in [0.25, 0.3) is 0 Å². The number of pyridine rings is 1. The molecular formula is C13H12BrFN2O. The largest absolute Gasteiger partial charge is 0.383 e. The van der Waals surface area contributed by atoms with Crippen molar-refractivity contribution < 1.29 is 9.50 Å². The van der Waals surface area contributed by atoms with Gasteiger partial charge in [0, 0.05) is 21.8 Å². The molecule has 0 spiro atoms. The van der Waals surface area contributed by atoms with Gasteiger partial charge >= 0.3 is 0 Å². The molecule has 1 unspecified atom stereocenters. The number of rotatable bonds is 2. The van der Waals surface area contributed by atoms with Gasteiger partial charge in [-0.15, -0.1) is 0 Å². The highest BCUT2D eigenvalue weighted by Crippen LogP contribution is 2.32. The third-order valence-corrected chi connectivity index (χ3v) is 3.49. The number of anilines is 1. The third-order valence-electron chi connectivity index (χ3n) is 2.77. The fourth-order valence-corrected chi connectivity index (χ4v) is 2.29. The summed E-state index contributed by atoms with van der Waals surface area (Å²) in [6.45, 7) is 1.82. The van der Waals surface area contributed by atoms with Gasteiger partial charge in [0.2, 0.25) is 0 Å². The Hall–Kier alpha value is -1.46. The van der Waals surface area contributed by atoms with E-state index in [1.807, 2.05) is 6.92 Å². The average molecular weight is 311 g/mol. The standard InChI is InChI=1S/C13H12BrFN2O/c1-7-4-5-17-13(16)11(7)12(18)9-6-8(15)2-3-10(9)14/h2-6,12,18H,1H3,(H2,16,17). The van der Waals surface area contributed by atoms with Crippen LogP contribution >= 0.6 is 15.9 Å². The van der Waals surface area contributed by atoms with Crippen LogP contribution in [0.25, 0.3) is 0 Å². The molecule has 2 aromatic rings. The topological polar surface area (TPSA) is 59.1 Å². The number of aryl methyl sites for hydroxylation is 1. The first kappa shape index (κ1) is 13.0. The predicted molar refractivity (Wildman–Crippen MR) is 71.5 cm³/mol. The zero-order valence-corrected chi connectivity index (χ0v) is 11.3. The first-order chi connectivity index (χ1) is 8.50. The molecule has 0 saturated heterocycles. The highest BCUT2D eigenvalue weighted by atomic mass is 79.9. The molecule has 0 amide bonds. The highest BCUT2D eigenvalue weighted by Gasteiger charge is 2.19. The van der Waals surface area contributed by atoms with Crippen molar-refractivity contribution in [1.82, 2.24) is 4.98 Å². The van der Waals surface area contributed by atoms with Gasteiger partial charge in [0.05, 0.1) is 0 Å². The quantitative estimate of drug-likeness (QED) is 0.896. The van der Waals surface area contributed by atoms with Crippen LogP contribution in [0.15, 0.2) is 34.9 Å². The van der Waals surface area contributed by atoms with Gasteiger partial charge in [-0.1, -0.05) is 15.9 Å². The summed E-state index contributed by atoms with van der Waals surface area (Å²) in [6, 6.07) is 5.90. The number of hydrogen-bond donors (Lipinski definition) is 2. The molecule has 3 nitrogen and oxygen atoms in total. The number of benzene rings is 1. The number of nitrogens with two attached hydrogens (primary N) is 1. The zero-order chi connectivity index (χ0) is 13.3. The summed E-state index contributed by atoms with van der Waals surface area (Å²) >= 11 is 3.29. The van der Waals surface area contributed by atoms with E-state index in [1.165, 1.54) is 12.1 Å². The van der Waals surface area contributed by atoms with E-state index in [4.69, 9.17) is 5.73 Å². The Morgan fingerprint density at radius 1 is 1.39 bits per heavy atom. The Morgan fingerprint density at radius 3 is 2.78 bits per heavy atom. The molecule has 0 radical (unpaired) electrons. The van der Waals surface area contributed by atoms with Gasteiger partial charge in [0.1, 0.15) is 17.7 Å². The van der Waals surface area contributed by atoms with Gasteiger partial charge < -0.3 is 10.8 Å². The zero-order valence-electron chi connectivity index (χ0n) is 9.69. The fourth-order valence-electron chi connectivity index (χ4n) is 1.83. The maximum atomic E-state index is 13.2. The van der Waals surface area contributed by atoms with Crippen LogP contribution in [-0.2, 0) is 0 Å². The van der Waals surface area contributed by atoms with Crippen LogP contribution in [0.2, 0.25) is 0 Å². The second-order valence-electron chi connectivity index (χ2n) is 4.00. The molecule has 0 bridgehead atoms. The molecule has 5 heteroatoms. The van der Waals surface area contributed by atoms with Gasteiger partial charge in [-0.2, -0.15) is 0 Å². The lowest BCUT2D eigenvalue weighted by molar-refractivity contribution is 0.218. The van der Waals surface area contributed by atoms with Gasteiger partial charge in [-0.25, -0.2) is 9.37 Å². The van der Waals surface area contributed by atoms with Crippen molar-refractivity contribution in [2.75, 3.05) is 5.73 Å². The molecule has 3 N–H and O–H groups in total. The number of aromatic nitrogens is 1. The van der Waals surface area contributed by atoms with E-state index in [0.29, 0.717) is 15.6 Å². The SMILES string of the molecule is Cc1ccnc(N)c1C(O)c1cc(F)ccc1Br. The smallest absolute Gasteiger partial charge is 0.129 e. The number of halogens is 2. The highest BCUT2D eigenvalue weighted by molar-refractivity contribution is 9.10. The molecule has 1 heterocycles. The third kappa shape index (κ3) is 2.37. The molecular weight excluding hydrogens is 299 g/mol. The fraction of sp³-hybridized carbons (Fsp3) is 0.154. The minimum atomic E-state index is -1.01. The van der Waals surface area contributed by atoms with E-state index in [2.05, 4.69) is 20.9 Å². The van der Waals surface area contributed by atoms with E-state index < -0.39 is 11.9 Å². The van der Waals surface area contributed by atoms with Crippen molar-refractivity contribution in [2.45, 2.75) is 13.0 Å². The summed E-state index contributed by atoms with van der Waals surface area (Å²) in [5.41, 5.74) is 7.51.